The van der Waals surface area contributed by atoms with E-state index >= 15 is 0 Å². The Kier molecular flexibility index (Phi) is 2.42. The van der Waals surface area contributed by atoms with E-state index in [1.807, 2.05) is 30.3 Å². The lowest BCUT2D eigenvalue weighted by Gasteiger charge is -2.06. The zero-order chi connectivity index (χ0) is 12.7. The summed E-state index contributed by atoms with van der Waals surface area (Å²) in [5.41, 5.74) is 4.11. The lowest BCUT2D eigenvalue weighted by atomic mass is 10.0. The minimum Gasteiger partial charge on any atom is -0.465 e. The number of carbonyl (C=O) groups is 1. The SMILES string of the molecule is COC(=O)c1ccc2c(c1)C(O)c1ccccc1-2. The van der Waals surface area contributed by atoms with Crippen molar-refractivity contribution in [3.63, 3.8) is 0 Å². The topological polar surface area (TPSA) is 46.5 Å². The van der Waals surface area contributed by atoms with E-state index in [0.29, 0.717) is 5.56 Å². The number of esters is 1. The van der Waals surface area contributed by atoms with Gasteiger partial charge in [0.2, 0.25) is 0 Å². The molecule has 3 nitrogen and oxygen atoms in total. The summed E-state index contributed by atoms with van der Waals surface area (Å²) in [7, 11) is 1.35. The van der Waals surface area contributed by atoms with Crippen LogP contribution in [0.25, 0.3) is 11.1 Å². The van der Waals surface area contributed by atoms with Crippen LogP contribution in [0, 0.1) is 0 Å². The van der Waals surface area contributed by atoms with Gasteiger partial charge >= 0.3 is 5.97 Å². The molecule has 90 valence electrons. The molecule has 1 N–H and O–H groups in total. The molecule has 0 saturated carbocycles. The summed E-state index contributed by atoms with van der Waals surface area (Å²) in [4.78, 5) is 11.5. The predicted molar refractivity (Wildman–Crippen MR) is 67.3 cm³/mol. The van der Waals surface area contributed by atoms with Crippen LogP contribution in [0.3, 0.4) is 0 Å². The van der Waals surface area contributed by atoms with E-state index in [2.05, 4.69) is 4.74 Å². The number of hydrogen-bond donors (Lipinski definition) is 1. The summed E-state index contributed by atoms with van der Waals surface area (Å²) in [6.45, 7) is 0. The minimum atomic E-state index is -0.666. The predicted octanol–water partition coefficient (Wildman–Crippen LogP) is 2.54. The number of aliphatic hydroxyl groups is 1. The van der Waals surface area contributed by atoms with E-state index < -0.39 is 6.10 Å². The Labute approximate surface area is 105 Å². The summed E-state index contributed by atoms with van der Waals surface area (Å²) in [6, 6.07) is 13.0. The molecule has 2 aromatic rings. The molecule has 0 spiro atoms. The van der Waals surface area contributed by atoms with Crippen LogP contribution in [0.2, 0.25) is 0 Å². The molecule has 0 aromatic heterocycles. The van der Waals surface area contributed by atoms with Crippen LogP contribution in [0.5, 0.6) is 0 Å². The monoisotopic (exact) mass is 240 g/mol. The highest BCUT2D eigenvalue weighted by atomic mass is 16.5. The largest absolute Gasteiger partial charge is 0.465 e. The molecule has 18 heavy (non-hydrogen) atoms. The quantitative estimate of drug-likeness (QED) is 0.779. The molecular weight excluding hydrogens is 228 g/mol. The third-order valence-electron chi connectivity index (χ3n) is 3.31. The number of fused-ring (bicyclic) bond motifs is 3. The maximum Gasteiger partial charge on any atom is 0.337 e. The summed E-state index contributed by atoms with van der Waals surface area (Å²) in [6.07, 6.45) is -0.666. The maximum atomic E-state index is 11.5. The third-order valence-corrected chi connectivity index (χ3v) is 3.31. The summed E-state index contributed by atoms with van der Waals surface area (Å²) >= 11 is 0. The van der Waals surface area contributed by atoms with E-state index in [4.69, 9.17) is 0 Å². The molecule has 0 radical (unpaired) electrons. The summed E-state index contributed by atoms with van der Waals surface area (Å²) < 4.78 is 4.69. The van der Waals surface area contributed by atoms with Crippen LogP contribution >= 0.6 is 0 Å². The summed E-state index contributed by atoms with van der Waals surface area (Å²) in [5, 5.41) is 10.3. The Balaban J connectivity index is 2.16. The number of ether oxygens (including phenoxy) is 1. The van der Waals surface area contributed by atoms with Crippen LogP contribution < -0.4 is 0 Å². The van der Waals surface area contributed by atoms with Crippen molar-refractivity contribution in [1.82, 2.24) is 0 Å². The van der Waals surface area contributed by atoms with Gasteiger partial charge in [0.05, 0.1) is 12.7 Å². The minimum absolute atomic E-state index is 0.388. The number of carbonyl (C=O) groups excluding carboxylic acids is 1. The fourth-order valence-electron chi connectivity index (χ4n) is 2.43. The standard InChI is InChI=1S/C15H12O3/c1-18-15(17)9-6-7-11-10-4-2-3-5-12(10)14(16)13(11)8-9/h2-8,14,16H,1H3. The van der Waals surface area contributed by atoms with Gasteiger partial charge in [-0.05, 0) is 34.4 Å². The molecule has 0 saturated heterocycles. The Bertz CT molecular complexity index is 631. The Morgan fingerprint density at radius 1 is 1.11 bits per heavy atom. The van der Waals surface area contributed by atoms with E-state index in [1.165, 1.54) is 7.11 Å². The average molecular weight is 240 g/mol. The van der Waals surface area contributed by atoms with Gasteiger partial charge in [0.25, 0.3) is 0 Å². The Morgan fingerprint density at radius 3 is 2.61 bits per heavy atom. The van der Waals surface area contributed by atoms with Gasteiger partial charge in [0.15, 0.2) is 0 Å². The molecular formula is C15H12O3. The second kappa shape index (κ2) is 3.96. The van der Waals surface area contributed by atoms with Crippen LogP contribution in [0.15, 0.2) is 42.5 Å². The van der Waals surface area contributed by atoms with Crippen LogP contribution in [-0.4, -0.2) is 18.2 Å². The first-order valence-electron chi connectivity index (χ1n) is 5.72. The van der Waals surface area contributed by atoms with Gasteiger partial charge in [-0.2, -0.15) is 0 Å². The highest BCUT2D eigenvalue weighted by Gasteiger charge is 2.27. The zero-order valence-electron chi connectivity index (χ0n) is 9.88. The van der Waals surface area contributed by atoms with Crippen molar-refractivity contribution in [1.29, 1.82) is 0 Å². The van der Waals surface area contributed by atoms with Crippen LogP contribution in [0.1, 0.15) is 27.6 Å². The average Bonchev–Trinajstić information content (AvgIpc) is 2.72. The second-order valence-electron chi connectivity index (χ2n) is 4.28. The summed E-state index contributed by atoms with van der Waals surface area (Å²) in [5.74, 6) is -0.388. The molecule has 1 unspecified atom stereocenters. The van der Waals surface area contributed by atoms with Crippen molar-refractivity contribution in [2.24, 2.45) is 0 Å². The van der Waals surface area contributed by atoms with E-state index in [1.54, 1.807) is 12.1 Å². The van der Waals surface area contributed by atoms with E-state index in [-0.39, 0.29) is 5.97 Å². The molecule has 0 heterocycles. The number of hydrogen-bond acceptors (Lipinski definition) is 3. The third kappa shape index (κ3) is 1.45. The molecule has 3 heteroatoms. The first-order chi connectivity index (χ1) is 8.72. The van der Waals surface area contributed by atoms with Crippen molar-refractivity contribution in [2.75, 3.05) is 7.11 Å². The van der Waals surface area contributed by atoms with Gasteiger partial charge in [0.1, 0.15) is 6.10 Å². The molecule has 1 aliphatic carbocycles. The fraction of sp³-hybridized carbons (Fsp3) is 0.133. The Morgan fingerprint density at radius 2 is 1.83 bits per heavy atom. The van der Waals surface area contributed by atoms with Gasteiger partial charge in [-0.3, -0.25) is 0 Å². The van der Waals surface area contributed by atoms with E-state index in [9.17, 15) is 9.90 Å². The maximum absolute atomic E-state index is 11.5. The lowest BCUT2D eigenvalue weighted by Crippen LogP contribution is -2.02. The van der Waals surface area contributed by atoms with Gasteiger partial charge in [0, 0.05) is 0 Å². The molecule has 3 rings (SSSR count). The molecule has 2 aromatic carbocycles. The number of rotatable bonds is 1. The number of aliphatic hydroxyl groups excluding tert-OH is 1. The van der Waals surface area contributed by atoms with Gasteiger partial charge in [-0.1, -0.05) is 30.3 Å². The highest BCUT2D eigenvalue weighted by molar-refractivity contribution is 5.91. The highest BCUT2D eigenvalue weighted by Crippen LogP contribution is 2.43. The van der Waals surface area contributed by atoms with Crippen molar-refractivity contribution < 1.29 is 14.6 Å². The molecule has 1 atom stereocenters. The van der Waals surface area contributed by atoms with Crippen molar-refractivity contribution in [2.45, 2.75) is 6.10 Å². The van der Waals surface area contributed by atoms with Crippen molar-refractivity contribution in [3.8, 4) is 11.1 Å². The van der Waals surface area contributed by atoms with Crippen molar-refractivity contribution in [3.05, 3.63) is 59.2 Å². The smallest absolute Gasteiger partial charge is 0.337 e. The lowest BCUT2D eigenvalue weighted by molar-refractivity contribution is 0.0600. The van der Waals surface area contributed by atoms with Gasteiger partial charge in [-0.25, -0.2) is 4.79 Å². The molecule has 1 aliphatic rings. The Hall–Kier alpha value is -2.13. The first kappa shape index (κ1) is 11.0. The molecule has 0 amide bonds. The number of benzene rings is 2. The zero-order valence-corrected chi connectivity index (χ0v) is 9.88. The molecule has 0 bridgehead atoms. The van der Waals surface area contributed by atoms with Gasteiger partial charge < -0.3 is 9.84 Å². The van der Waals surface area contributed by atoms with Crippen LogP contribution in [0.4, 0.5) is 0 Å². The van der Waals surface area contributed by atoms with E-state index in [0.717, 1.165) is 22.3 Å². The second-order valence-corrected chi connectivity index (χ2v) is 4.28. The normalized spacial score (nSPS) is 16.0. The first-order valence-corrected chi connectivity index (χ1v) is 5.72. The van der Waals surface area contributed by atoms with Crippen LogP contribution in [-0.2, 0) is 4.74 Å². The molecule has 0 fully saturated rings. The van der Waals surface area contributed by atoms with Crippen molar-refractivity contribution >= 4 is 5.97 Å². The molecule has 0 aliphatic heterocycles. The van der Waals surface area contributed by atoms with Gasteiger partial charge in [-0.15, -0.1) is 0 Å². The fourth-order valence-corrected chi connectivity index (χ4v) is 2.43. The number of methoxy groups -OCH3 is 1.